The van der Waals surface area contributed by atoms with Gasteiger partial charge < -0.3 is 5.11 Å². The summed E-state index contributed by atoms with van der Waals surface area (Å²) in [6, 6.07) is 0. The van der Waals surface area contributed by atoms with Gasteiger partial charge in [-0.3, -0.25) is 4.68 Å². The van der Waals surface area contributed by atoms with Gasteiger partial charge in [-0.05, 0) is 37.5 Å². The molecule has 0 saturated heterocycles. The van der Waals surface area contributed by atoms with E-state index in [4.69, 9.17) is 0 Å². The lowest BCUT2D eigenvalue weighted by Crippen LogP contribution is -2.25. The monoisotopic (exact) mass is 236 g/mol. The van der Waals surface area contributed by atoms with Crippen molar-refractivity contribution in [3.05, 3.63) is 18.0 Å². The van der Waals surface area contributed by atoms with E-state index >= 15 is 0 Å². The third kappa shape index (κ3) is 2.71. The number of hydrogen-bond donors (Lipinski definition) is 1. The van der Waals surface area contributed by atoms with Crippen LogP contribution in [0.15, 0.2) is 12.4 Å². The molecule has 4 unspecified atom stereocenters. The molecule has 1 aromatic heterocycles. The Labute approximate surface area is 104 Å². The molecule has 0 aromatic carbocycles. The molecule has 1 aliphatic carbocycles. The van der Waals surface area contributed by atoms with Crippen LogP contribution in [0.1, 0.15) is 51.7 Å². The summed E-state index contributed by atoms with van der Waals surface area (Å²) >= 11 is 0. The lowest BCUT2D eigenvalue weighted by Gasteiger charge is -2.34. The Morgan fingerprint density at radius 3 is 2.76 bits per heavy atom. The van der Waals surface area contributed by atoms with Crippen molar-refractivity contribution in [3.8, 4) is 0 Å². The van der Waals surface area contributed by atoms with Crippen molar-refractivity contribution in [1.29, 1.82) is 0 Å². The molecule has 3 nitrogen and oxygen atoms in total. The van der Waals surface area contributed by atoms with Gasteiger partial charge in [0.1, 0.15) is 0 Å². The van der Waals surface area contributed by atoms with Crippen LogP contribution < -0.4 is 0 Å². The lowest BCUT2D eigenvalue weighted by atomic mass is 9.73. The van der Waals surface area contributed by atoms with Gasteiger partial charge in [-0.15, -0.1) is 0 Å². The second-order valence-corrected chi connectivity index (χ2v) is 5.60. The fourth-order valence-corrected chi connectivity index (χ4v) is 2.85. The van der Waals surface area contributed by atoms with Crippen LogP contribution in [-0.4, -0.2) is 14.9 Å². The first kappa shape index (κ1) is 12.6. The van der Waals surface area contributed by atoms with E-state index in [1.54, 1.807) is 0 Å². The Hall–Kier alpha value is -0.830. The van der Waals surface area contributed by atoms with Crippen molar-refractivity contribution in [2.24, 2.45) is 17.8 Å². The zero-order valence-corrected chi connectivity index (χ0v) is 11.1. The van der Waals surface area contributed by atoms with Crippen LogP contribution >= 0.6 is 0 Å². The Morgan fingerprint density at radius 2 is 2.18 bits per heavy atom. The van der Waals surface area contributed by atoms with Crippen LogP contribution in [0.25, 0.3) is 0 Å². The largest absolute Gasteiger partial charge is 0.388 e. The SMILES string of the molecule is CCn1cc(C(O)C2CCC(C)C(C)C2)cn1. The second kappa shape index (κ2) is 5.21. The number of aryl methyl sites for hydroxylation is 1. The van der Waals surface area contributed by atoms with E-state index in [2.05, 4.69) is 25.9 Å². The topological polar surface area (TPSA) is 38.0 Å². The van der Waals surface area contributed by atoms with E-state index in [0.29, 0.717) is 5.92 Å². The molecule has 1 aromatic rings. The molecule has 0 amide bonds. The Kier molecular flexibility index (Phi) is 3.87. The molecule has 96 valence electrons. The van der Waals surface area contributed by atoms with Crippen LogP contribution in [0.4, 0.5) is 0 Å². The van der Waals surface area contributed by atoms with Crippen LogP contribution in [0.5, 0.6) is 0 Å². The number of hydrogen-bond acceptors (Lipinski definition) is 2. The van der Waals surface area contributed by atoms with Gasteiger partial charge in [0.25, 0.3) is 0 Å². The molecule has 1 heterocycles. The van der Waals surface area contributed by atoms with E-state index in [1.165, 1.54) is 6.42 Å². The molecule has 17 heavy (non-hydrogen) atoms. The molecule has 1 saturated carbocycles. The minimum atomic E-state index is -0.328. The molecule has 1 aliphatic rings. The quantitative estimate of drug-likeness (QED) is 0.876. The molecular formula is C14H24N2O. The maximum atomic E-state index is 10.4. The van der Waals surface area contributed by atoms with Crippen LogP contribution in [0.2, 0.25) is 0 Å². The zero-order valence-electron chi connectivity index (χ0n) is 11.1. The fraction of sp³-hybridized carbons (Fsp3) is 0.786. The highest BCUT2D eigenvalue weighted by Crippen LogP contribution is 2.39. The number of aliphatic hydroxyl groups excluding tert-OH is 1. The van der Waals surface area contributed by atoms with Crippen molar-refractivity contribution in [2.45, 2.75) is 52.7 Å². The van der Waals surface area contributed by atoms with Crippen molar-refractivity contribution in [3.63, 3.8) is 0 Å². The normalized spacial score (nSPS) is 31.4. The first-order chi connectivity index (χ1) is 8.11. The highest BCUT2D eigenvalue weighted by molar-refractivity contribution is 5.09. The molecule has 0 spiro atoms. The maximum Gasteiger partial charge on any atom is 0.0848 e. The van der Waals surface area contributed by atoms with Gasteiger partial charge in [-0.2, -0.15) is 5.10 Å². The summed E-state index contributed by atoms with van der Waals surface area (Å²) < 4.78 is 1.88. The smallest absolute Gasteiger partial charge is 0.0848 e. The van der Waals surface area contributed by atoms with Crippen molar-refractivity contribution in [1.82, 2.24) is 9.78 Å². The molecule has 4 atom stereocenters. The van der Waals surface area contributed by atoms with Gasteiger partial charge in [0.2, 0.25) is 0 Å². The van der Waals surface area contributed by atoms with Crippen molar-refractivity contribution < 1.29 is 5.11 Å². The highest BCUT2D eigenvalue weighted by Gasteiger charge is 2.30. The van der Waals surface area contributed by atoms with E-state index in [9.17, 15) is 5.11 Å². The van der Waals surface area contributed by atoms with Crippen molar-refractivity contribution >= 4 is 0 Å². The van der Waals surface area contributed by atoms with Crippen LogP contribution in [0, 0.1) is 17.8 Å². The molecule has 0 bridgehead atoms. The lowest BCUT2D eigenvalue weighted by molar-refractivity contribution is 0.0560. The van der Waals surface area contributed by atoms with Gasteiger partial charge >= 0.3 is 0 Å². The summed E-state index contributed by atoms with van der Waals surface area (Å²) in [5.74, 6) is 1.94. The Balaban J connectivity index is 2.02. The standard InChI is InChI=1S/C14H24N2O/c1-4-16-9-13(8-15-16)14(17)12-6-5-10(2)11(3)7-12/h8-12,14,17H,4-7H2,1-3H3. The molecule has 3 heteroatoms. The number of aliphatic hydroxyl groups is 1. The summed E-state index contributed by atoms with van der Waals surface area (Å²) in [5, 5.41) is 14.6. The first-order valence-electron chi connectivity index (χ1n) is 6.82. The number of rotatable bonds is 3. The van der Waals surface area contributed by atoms with Gasteiger partial charge in [0, 0.05) is 18.3 Å². The van der Waals surface area contributed by atoms with Gasteiger partial charge in [0.05, 0.1) is 12.3 Å². The van der Waals surface area contributed by atoms with E-state index in [0.717, 1.165) is 36.8 Å². The molecule has 1 N–H and O–H groups in total. The summed E-state index contributed by atoms with van der Waals surface area (Å²) in [4.78, 5) is 0. The Morgan fingerprint density at radius 1 is 1.41 bits per heavy atom. The number of nitrogens with zero attached hydrogens (tertiary/aromatic N) is 2. The predicted octanol–water partition coefficient (Wildman–Crippen LogP) is 3.01. The summed E-state index contributed by atoms with van der Waals surface area (Å²) in [6.45, 7) is 7.56. The van der Waals surface area contributed by atoms with E-state index in [-0.39, 0.29) is 6.10 Å². The molecule has 1 fully saturated rings. The molecule has 0 radical (unpaired) electrons. The van der Waals surface area contributed by atoms with Crippen molar-refractivity contribution in [2.75, 3.05) is 0 Å². The minimum absolute atomic E-state index is 0.328. The molecular weight excluding hydrogens is 212 g/mol. The number of aromatic nitrogens is 2. The second-order valence-electron chi connectivity index (χ2n) is 5.60. The maximum absolute atomic E-state index is 10.4. The Bertz CT molecular complexity index is 361. The first-order valence-corrected chi connectivity index (χ1v) is 6.82. The summed E-state index contributed by atoms with van der Waals surface area (Å²) in [6.07, 6.45) is 6.99. The fourth-order valence-electron chi connectivity index (χ4n) is 2.85. The minimum Gasteiger partial charge on any atom is -0.388 e. The summed E-state index contributed by atoms with van der Waals surface area (Å²) in [5.41, 5.74) is 0.985. The third-order valence-electron chi connectivity index (χ3n) is 4.40. The molecule has 2 rings (SSSR count). The average Bonchev–Trinajstić information content (AvgIpc) is 2.80. The van der Waals surface area contributed by atoms with Gasteiger partial charge in [-0.1, -0.05) is 20.3 Å². The molecule has 0 aliphatic heterocycles. The summed E-state index contributed by atoms with van der Waals surface area (Å²) in [7, 11) is 0. The zero-order chi connectivity index (χ0) is 12.4. The van der Waals surface area contributed by atoms with E-state index in [1.807, 2.05) is 17.1 Å². The highest BCUT2D eigenvalue weighted by atomic mass is 16.3. The van der Waals surface area contributed by atoms with Crippen LogP contribution in [-0.2, 0) is 6.54 Å². The predicted molar refractivity (Wildman–Crippen MR) is 68.5 cm³/mol. The average molecular weight is 236 g/mol. The third-order valence-corrected chi connectivity index (χ3v) is 4.40. The van der Waals surface area contributed by atoms with Gasteiger partial charge in [0.15, 0.2) is 0 Å². The van der Waals surface area contributed by atoms with Gasteiger partial charge in [-0.25, -0.2) is 0 Å². The van der Waals surface area contributed by atoms with E-state index < -0.39 is 0 Å². The van der Waals surface area contributed by atoms with Crippen LogP contribution in [0.3, 0.4) is 0 Å².